The smallest absolute Gasteiger partial charge is 0.223 e. The Bertz CT molecular complexity index is 352. The van der Waals surface area contributed by atoms with E-state index in [0.29, 0.717) is 24.8 Å². The number of carbonyl (C=O) groups is 1. The van der Waals surface area contributed by atoms with Crippen molar-refractivity contribution in [3.8, 4) is 0 Å². The standard InChI is InChI=1S/C11H18N4O2/c12-5-8-3-1-2-4-9(8)11(16)13-6-10-14-7-17-15-10/h7-9H,1-6,12H2,(H,13,16). The van der Waals surface area contributed by atoms with Gasteiger partial charge in [0.15, 0.2) is 5.82 Å². The van der Waals surface area contributed by atoms with Crippen molar-refractivity contribution in [1.29, 1.82) is 0 Å². The van der Waals surface area contributed by atoms with Gasteiger partial charge in [-0.15, -0.1) is 0 Å². The molecule has 1 heterocycles. The first-order chi connectivity index (χ1) is 8.31. The topological polar surface area (TPSA) is 94.0 Å². The number of amides is 1. The van der Waals surface area contributed by atoms with Crippen LogP contribution in [-0.4, -0.2) is 22.6 Å². The van der Waals surface area contributed by atoms with Gasteiger partial charge in [-0.1, -0.05) is 18.0 Å². The molecule has 0 radical (unpaired) electrons. The predicted octanol–water partition coefficient (Wildman–Crippen LogP) is 0.451. The van der Waals surface area contributed by atoms with Crippen molar-refractivity contribution >= 4 is 5.91 Å². The van der Waals surface area contributed by atoms with E-state index in [0.717, 1.165) is 19.3 Å². The van der Waals surface area contributed by atoms with E-state index in [-0.39, 0.29) is 11.8 Å². The van der Waals surface area contributed by atoms with E-state index in [2.05, 4.69) is 20.0 Å². The minimum absolute atomic E-state index is 0.0423. The summed E-state index contributed by atoms with van der Waals surface area (Å²) in [6.07, 6.45) is 5.52. The van der Waals surface area contributed by atoms with Crippen LogP contribution in [0.2, 0.25) is 0 Å². The van der Waals surface area contributed by atoms with Crippen molar-refractivity contribution in [3.05, 3.63) is 12.2 Å². The van der Waals surface area contributed by atoms with Gasteiger partial charge in [0, 0.05) is 5.92 Å². The molecule has 94 valence electrons. The first kappa shape index (κ1) is 12.0. The molecule has 17 heavy (non-hydrogen) atoms. The molecule has 1 aromatic rings. The summed E-state index contributed by atoms with van der Waals surface area (Å²) in [5, 5.41) is 6.49. The highest BCUT2D eigenvalue weighted by atomic mass is 16.5. The zero-order valence-electron chi connectivity index (χ0n) is 9.76. The first-order valence-corrected chi connectivity index (χ1v) is 6.04. The van der Waals surface area contributed by atoms with E-state index in [1.165, 1.54) is 12.8 Å². The Hall–Kier alpha value is -1.43. The van der Waals surface area contributed by atoms with Gasteiger partial charge in [-0.2, -0.15) is 4.98 Å². The molecule has 6 nitrogen and oxygen atoms in total. The van der Waals surface area contributed by atoms with E-state index in [1.54, 1.807) is 0 Å². The fourth-order valence-corrected chi connectivity index (χ4v) is 2.40. The Balaban J connectivity index is 1.85. The molecule has 1 fully saturated rings. The second kappa shape index (κ2) is 5.77. The molecule has 1 aliphatic rings. The van der Waals surface area contributed by atoms with Gasteiger partial charge in [-0.3, -0.25) is 4.79 Å². The molecule has 0 aromatic carbocycles. The molecule has 0 saturated heterocycles. The summed E-state index contributed by atoms with van der Waals surface area (Å²) in [4.78, 5) is 15.9. The summed E-state index contributed by atoms with van der Waals surface area (Å²) in [6.45, 7) is 0.906. The van der Waals surface area contributed by atoms with Crippen LogP contribution in [0.25, 0.3) is 0 Å². The number of hydrogen-bond donors (Lipinski definition) is 2. The van der Waals surface area contributed by atoms with Crippen LogP contribution in [0.1, 0.15) is 31.5 Å². The van der Waals surface area contributed by atoms with Gasteiger partial charge in [-0.25, -0.2) is 0 Å². The summed E-state index contributed by atoms with van der Waals surface area (Å²) in [5.74, 6) is 0.915. The highest BCUT2D eigenvalue weighted by Crippen LogP contribution is 2.29. The second-order valence-electron chi connectivity index (χ2n) is 4.45. The molecular weight excluding hydrogens is 220 g/mol. The molecule has 0 bridgehead atoms. The minimum Gasteiger partial charge on any atom is -0.348 e. The van der Waals surface area contributed by atoms with Gasteiger partial charge < -0.3 is 15.6 Å². The molecule has 2 rings (SSSR count). The Kier molecular flexibility index (Phi) is 4.08. The van der Waals surface area contributed by atoms with Crippen LogP contribution in [0.3, 0.4) is 0 Å². The van der Waals surface area contributed by atoms with E-state index in [9.17, 15) is 4.79 Å². The lowest BCUT2D eigenvalue weighted by Crippen LogP contribution is -2.39. The van der Waals surface area contributed by atoms with Crippen molar-refractivity contribution in [2.24, 2.45) is 17.6 Å². The molecular formula is C11H18N4O2. The molecule has 1 saturated carbocycles. The van der Waals surface area contributed by atoms with Crippen LogP contribution in [0.5, 0.6) is 0 Å². The number of carbonyl (C=O) groups excluding carboxylic acids is 1. The summed E-state index contributed by atoms with van der Waals surface area (Å²) in [6, 6.07) is 0. The Morgan fingerprint density at radius 1 is 1.53 bits per heavy atom. The third-order valence-electron chi connectivity index (χ3n) is 3.38. The maximum absolute atomic E-state index is 12.0. The normalized spacial score (nSPS) is 24.5. The molecule has 3 N–H and O–H groups in total. The Labute approximate surface area is 99.9 Å². The molecule has 0 aliphatic heterocycles. The van der Waals surface area contributed by atoms with Crippen molar-refractivity contribution in [2.75, 3.05) is 6.54 Å². The van der Waals surface area contributed by atoms with Crippen LogP contribution in [0.15, 0.2) is 10.9 Å². The molecule has 2 unspecified atom stereocenters. The first-order valence-electron chi connectivity index (χ1n) is 6.04. The van der Waals surface area contributed by atoms with Crippen LogP contribution in [-0.2, 0) is 11.3 Å². The summed E-state index contributed by atoms with van der Waals surface area (Å²) < 4.78 is 4.60. The molecule has 6 heteroatoms. The van der Waals surface area contributed by atoms with E-state index in [4.69, 9.17) is 5.73 Å². The fourth-order valence-electron chi connectivity index (χ4n) is 2.40. The maximum Gasteiger partial charge on any atom is 0.223 e. The van der Waals surface area contributed by atoms with Gasteiger partial charge in [0.25, 0.3) is 0 Å². The third kappa shape index (κ3) is 3.03. The number of hydrogen-bond acceptors (Lipinski definition) is 5. The van der Waals surface area contributed by atoms with E-state index >= 15 is 0 Å². The zero-order valence-corrected chi connectivity index (χ0v) is 9.76. The quantitative estimate of drug-likeness (QED) is 0.794. The van der Waals surface area contributed by atoms with Gasteiger partial charge >= 0.3 is 0 Å². The Morgan fingerprint density at radius 2 is 2.35 bits per heavy atom. The van der Waals surface area contributed by atoms with Crippen LogP contribution >= 0.6 is 0 Å². The van der Waals surface area contributed by atoms with Crippen LogP contribution < -0.4 is 11.1 Å². The van der Waals surface area contributed by atoms with Crippen molar-refractivity contribution in [1.82, 2.24) is 15.5 Å². The molecule has 1 aromatic heterocycles. The summed E-state index contributed by atoms with van der Waals surface area (Å²) >= 11 is 0. The summed E-state index contributed by atoms with van der Waals surface area (Å²) in [5.41, 5.74) is 5.70. The number of nitrogens with zero attached hydrogens (tertiary/aromatic N) is 2. The number of rotatable bonds is 4. The molecule has 2 atom stereocenters. The molecule has 0 spiro atoms. The number of nitrogens with one attached hydrogen (secondary N) is 1. The van der Waals surface area contributed by atoms with Gasteiger partial charge in [0.1, 0.15) is 0 Å². The number of aromatic nitrogens is 2. The SMILES string of the molecule is NCC1CCCCC1C(=O)NCc1ncon1. The van der Waals surface area contributed by atoms with Crippen molar-refractivity contribution < 1.29 is 9.32 Å². The number of nitrogens with two attached hydrogens (primary N) is 1. The van der Waals surface area contributed by atoms with Crippen molar-refractivity contribution in [2.45, 2.75) is 32.2 Å². The zero-order chi connectivity index (χ0) is 12.1. The highest BCUT2D eigenvalue weighted by molar-refractivity contribution is 5.78. The largest absolute Gasteiger partial charge is 0.348 e. The van der Waals surface area contributed by atoms with Crippen molar-refractivity contribution in [3.63, 3.8) is 0 Å². The van der Waals surface area contributed by atoms with Crippen LogP contribution in [0.4, 0.5) is 0 Å². The molecule has 1 amide bonds. The average molecular weight is 238 g/mol. The van der Waals surface area contributed by atoms with E-state index < -0.39 is 0 Å². The lowest BCUT2D eigenvalue weighted by molar-refractivity contribution is -0.127. The van der Waals surface area contributed by atoms with Gasteiger partial charge in [-0.05, 0) is 25.3 Å². The van der Waals surface area contributed by atoms with E-state index in [1.807, 2.05) is 0 Å². The fraction of sp³-hybridized carbons (Fsp3) is 0.727. The predicted molar refractivity (Wildman–Crippen MR) is 60.6 cm³/mol. The van der Waals surface area contributed by atoms with Gasteiger partial charge in [0.05, 0.1) is 6.54 Å². The highest BCUT2D eigenvalue weighted by Gasteiger charge is 2.29. The minimum atomic E-state index is 0.0423. The third-order valence-corrected chi connectivity index (χ3v) is 3.38. The maximum atomic E-state index is 12.0. The Morgan fingerprint density at radius 3 is 3.06 bits per heavy atom. The average Bonchev–Trinajstić information content (AvgIpc) is 2.89. The van der Waals surface area contributed by atoms with Gasteiger partial charge in [0.2, 0.25) is 12.3 Å². The molecule has 1 aliphatic carbocycles. The lowest BCUT2D eigenvalue weighted by Gasteiger charge is -2.29. The monoisotopic (exact) mass is 238 g/mol. The lowest BCUT2D eigenvalue weighted by atomic mass is 9.79. The van der Waals surface area contributed by atoms with Crippen LogP contribution in [0, 0.1) is 11.8 Å². The second-order valence-corrected chi connectivity index (χ2v) is 4.45. The summed E-state index contributed by atoms with van der Waals surface area (Å²) in [7, 11) is 0.